The number of likely N-dealkylation sites (N-methyl/N-ethyl adjacent to an activating group) is 1. The summed E-state index contributed by atoms with van der Waals surface area (Å²) in [5.74, 6) is -0.484. The van der Waals surface area contributed by atoms with Gasteiger partial charge in [-0.2, -0.15) is 0 Å². The molecule has 1 saturated carbocycles. The maximum atomic E-state index is 13.9. The van der Waals surface area contributed by atoms with E-state index in [-0.39, 0.29) is 24.9 Å². The highest BCUT2D eigenvalue weighted by Crippen LogP contribution is 2.50. The first-order valence-corrected chi connectivity index (χ1v) is 6.69. The molecule has 1 aliphatic rings. The number of hydrogen-bond acceptors (Lipinski definition) is 3. The number of halogens is 1. The highest BCUT2D eigenvalue weighted by Gasteiger charge is 2.53. The fourth-order valence-electron chi connectivity index (χ4n) is 2.58. The molecule has 110 valence electrons. The second kappa shape index (κ2) is 5.89. The lowest BCUT2D eigenvalue weighted by molar-refractivity contribution is -0.134. The van der Waals surface area contributed by atoms with Crippen LogP contribution in [-0.2, 0) is 14.9 Å². The Balaban J connectivity index is 2.11. The van der Waals surface area contributed by atoms with Crippen molar-refractivity contribution >= 4 is 5.91 Å². The average Bonchev–Trinajstić information content (AvgIpc) is 3.20. The number of nitrogens with zero attached hydrogens (tertiary/aromatic N) is 1. The van der Waals surface area contributed by atoms with Crippen molar-refractivity contribution < 1.29 is 19.0 Å². The molecular formula is C15H20FNO3. The van der Waals surface area contributed by atoms with Crippen LogP contribution in [0.3, 0.4) is 0 Å². The van der Waals surface area contributed by atoms with Crippen molar-refractivity contribution in [2.75, 3.05) is 27.3 Å². The topological polar surface area (TPSA) is 49.8 Å². The molecule has 20 heavy (non-hydrogen) atoms. The van der Waals surface area contributed by atoms with Crippen LogP contribution in [0.15, 0.2) is 24.3 Å². The van der Waals surface area contributed by atoms with Gasteiger partial charge in [-0.25, -0.2) is 4.39 Å². The van der Waals surface area contributed by atoms with Crippen molar-refractivity contribution in [1.82, 2.24) is 4.90 Å². The van der Waals surface area contributed by atoms with E-state index in [2.05, 4.69) is 0 Å². The molecule has 5 heteroatoms. The molecule has 1 N–H and O–H groups in total. The van der Waals surface area contributed by atoms with Crippen LogP contribution in [0.1, 0.15) is 18.4 Å². The van der Waals surface area contributed by atoms with Gasteiger partial charge in [-0.15, -0.1) is 0 Å². The van der Waals surface area contributed by atoms with Gasteiger partial charge in [0.1, 0.15) is 5.82 Å². The van der Waals surface area contributed by atoms with Crippen molar-refractivity contribution in [2.45, 2.75) is 24.4 Å². The van der Waals surface area contributed by atoms with Gasteiger partial charge in [-0.1, -0.05) is 18.2 Å². The van der Waals surface area contributed by atoms with E-state index in [0.717, 1.165) is 0 Å². The lowest BCUT2D eigenvalue weighted by atomic mass is 9.93. The maximum Gasteiger partial charge on any atom is 0.233 e. The van der Waals surface area contributed by atoms with E-state index < -0.39 is 11.5 Å². The number of rotatable bonds is 6. The third-order valence-corrected chi connectivity index (χ3v) is 3.74. The molecule has 1 aromatic carbocycles. The normalized spacial score (nSPS) is 17.6. The van der Waals surface area contributed by atoms with Crippen molar-refractivity contribution in [2.24, 2.45) is 0 Å². The van der Waals surface area contributed by atoms with Gasteiger partial charge in [0.15, 0.2) is 0 Å². The van der Waals surface area contributed by atoms with Crippen molar-refractivity contribution in [1.29, 1.82) is 0 Å². The fraction of sp³-hybridized carbons (Fsp3) is 0.533. The molecule has 4 nitrogen and oxygen atoms in total. The average molecular weight is 281 g/mol. The first-order chi connectivity index (χ1) is 9.51. The van der Waals surface area contributed by atoms with Crippen molar-refractivity contribution in [3.05, 3.63) is 35.6 Å². The first kappa shape index (κ1) is 14.9. The van der Waals surface area contributed by atoms with Gasteiger partial charge >= 0.3 is 0 Å². The van der Waals surface area contributed by atoms with E-state index >= 15 is 0 Å². The number of aliphatic hydroxyl groups excluding tert-OH is 1. The van der Waals surface area contributed by atoms with Crippen molar-refractivity contribution in [3.63, 3.8) is 0 Å². The molecule has 0 saturated heterocycles. The van der Waals surface area contributed by atoms with E-state index in [4.69, 9.17) is 4.74 Å². The molecule has 2 rings (SSSR count). The van der Waals surface area contributed by atoms with Crippen LogP contribution in [0.4, 0.5) is 4.39 Å². The van der Waals surface area contributed by atoms with E-state index in [1.807, 2.05) is 0 Å². The summed E-state index contributed by atoms with van der Waals surface area (Å²) >= 11 is 0. The van der Waals surface area contributed by atoms with Crippen LogP contribution in [0, 0.1) is 5.82 Å². The lowest BCUT2D eigenvalue weighted by Gasteiger charge is -2.26. The van der Waals surface area contributed by atoms with Crippen LogP contribution in [0.5, 0.6) is 0 Å². The zero-order chi connectivity index (χ0) is 14.8. The van der Waals surface area contributed by atoms with Gasteiger partial charge in [0.2, 0.25) is 5.91 Å². The molecule has 1 aromatic rings. The lowest BCUT2D eigenvalue weighted by Crippen LogP contribution is -2.42. The predicted octanol–water partition coefficient (Wildman–Crippen LogP) is 1.32. The van der Waals surface area contributed by atoms with Gasteiger partial charge in [-0.05, 0) is 18.9 Å². The minimum Gasteiger partial charge on any atom is -0.389 e. The Morgan fingerprint density at radius 3 is 2.70 bits per heavy atom. The second-order valence-corrected chi connectivity index (χ2v) is 5.36. The third kappa shape index (κ3) is 2.83. The number of aliphatic hydroxyl groups is 1. The summed E-state index contributed by atoms with van der Waals surface area (Å²) < 4.78 is 18.7. The highest BCUT2D eigenvalue weighted by molar-refractivity contribution is 5.91. The Kier molecular flexibility index (Phi) is 4.40. The van der Waals surface area contributed by atoms with Gasteiger partial charge in [0, 0.05) is 26.3 Å². The molecule has 1 fully saturated rings. The van der Waals surface area contributed by atoms with Gasteiger partial charge in [-0.3, -0.25) is 4.79 Å². The molecule has 0 bridgehead atoms. The number of carbonyl (C=O) groups excluding carboxylic acids is 1. The zero-order valence-corrected chi connectivity index (χ0v) is 11.8. The van der Waals surface area contributed by atoms with E-state index in [1.54, 1.807) is 25.2 Å². The molecule has 0 heterocycles. The molecule has 1 aliphatic carbocycles. The Labute approximate surface area is 118 Å². The summed E-state index contributed by atoms with van der Waals surface area (Å²) in [4.78, 5) is 14.0. The summed E-state index contributed by atoms with van der Waals surface area (Å²) in [6.45, 7) is 0.354. The number of amides is 1. The van der Waals surface area contributed by atoms with Crippen LogP contribution in [0.25, 0.3) is 0 Å². The van der Waals surface area contributed by atoms with E-state index in [9.17, 15) is 14.3 Å². The summed E-state index contributed by atoms with van der Waals surface area (Å²) in [5.41, 5.74) is -0.287. The standard InChI is InChI=1S/C15H20FNO3/c1-17(9-11(18)10-20-2)14(19)15(7-8-15)12-5-3-4-6-13(12)16/h3-6,11,18H,7-10H2,1-2H3. The maximum absolute atomic E-state index is 13.9. The van der Waals surface area contributed by atoms with Crippen LogP contribution >= 0.6 is 0 Å². The Morgan fingerprint density at radius 2 is 2.15 bits per heavy atom. The van der Waals surface area contributed by atoms with Gasteiger partial charge in [0.25, 0.3) is 0 Å². The number of benzene rings is 1. The zero-order valence-electron chi connectivity index (χ0n) is 11.8. The molecule has 0 aliphatic heterocycles. The van der Waals surface area contributed by atoms with Crippen LogP contribution in [-0.4, -0.2) is 49.3 Å². The minimum atomic E-state index is -0.743. The van der Waals surface area contributed by atoms with E-state index in [1.165, 1.54) is 18.1 Å². The Bertz CT molecular complexity index is 488. The summed E-state index contributed by atoms with van der Waals surface area (Å²) in [6, 6.07) is 6.40. The number of methoxy groups -OCH3 is 1. The first-order valence-electron chi connectivity index (χ1n) is 6.69. The number of ether oxygens (including phenoxy) is 1. The fourth-order valence-corrected chi connectivity index (χ4v) is 2.58. The molecule has 0 aromatic heterocycles. The predicted molar refractivity (Wildman–Crippen MR) is 72.8 cm³/mol. The second-order valence-electron chi connectivity index (χ2n) is 5.36. The molecule has 1 unspecified atom stereocenters. The van der Waals surface area contributed by atoms with E-state index in [0.29, 0.717) is 18.4 Å². The monoisotopic (exact) mass is 281 g/mol. The largest absolute Gasteiger partial charge is 0.389 e. The minimum absolute atomic E-state index is 0.141. The SMILES string of the molecule is COCC(O)CN(C)C(=O)C1(c2ccccc2F)CC1. The van der Waals surface area contributed by atoms with Crippen molar-refractivity contribution in [3.8, 4) is 0 Å². The molecular weight excluding hydrogens is 261 g/mol. The molecule has 0 spiro atoms. The van der Waals surface area contributed by atoms with Gasteiger partial charge in [0.05, 0.1) is 18.1 Å². The van der Waals surface area contributed by atoms with Crippen LogP contribution in [0.2, 0.25) is 0 Å². The van der Waals surface area contributed by atoms with Crippen LogP contribution < -0.4 is 0 Å². The number of carbonyl (C=O) groups is 1. The summed E-state index contributed by atoms with van der Waals surface area (Å²) in [5, 5.41) is 9.69. The molecule has 1 atom stereocenters. The summed E-state index contributed by atoms with van der Waals surface area (Å²) in [7, 11) is 3.12. The third-order valence-electron chi connectivity index (χ3n) is 3.74. The molecule has 1 amide bonds. The smallest absolute Gasteiger partial charge is 0.233 e. The molecule has 0 radical (unpaired) electrons. The number of hydrogen-bond donors (Lipinski definition) is 1. The Morgan fingerprint density at radius 1 is 1.50 bits per heavy atom. The van der Waals surface area contributed by atoms with Gasteiger partial charge < -0.3 is 14.7 Å². The summed E-state index contributed by atoms with van der Waals surface area (Å²) in [6.07, 6.45) is 0.569. The quantitative estimate of drug-likeness (QED) is 0.855. The highest BCUT2D eigenvalue weighted by atomic mass is 19.1. The Hall–Kier alpha value is -1.46.